The molecule has 0 radical (unpaired) electrons. The molecule has 2 aliphatic rings. The zero-order valence-corrected chi connectivity index (χ0v) is 32.0. The molecule has 0 spiro atoms. The average Bonchev–Trinajstić information content (AvgIpc) is 3.60. The van der Waals surface area contributed by atoms with E-state index in [1.807, 2.05) is 3.26 Å². The number of hydrogen-bond donors (Lipinski definition) is 0. The molecule has 0 aliphatic heterocycles. The van der Waals surface area contributed by atoms with Gasteiger partial charge in [0.15, 0.2) is 0 Å². The number of fused-ring (bicyclic) bond motifs is 3. The molecule has 0 amide bonds. The minimum Gasteiger partial charge on any atom is -1.00 e. The van der Waals surface area contributed by atoms with E-state index >= 15 is 0 Å². The van der Waals surface area contributed by atoms with Crippen molar-refractivity contribution < 1.29 is 45.8 Å². The van der Waals surface area contributed by atoms with Gasteiger partial charge in [0.25, 0.3) is 0 Å². The third-order valence-corrected chi connectivity index (χ3v) is 21.2. The summed E-state index contributed by atoms with van der Waals surface area (Å²) in [6.07, 6.45) is 10.5. The Bertz CT molecular complexity index is 1590. The summed E-state index contributed by atoms with van der Waals surface area (Å²) >= 11 is -2.77. The van der Waals surface area contributed by atoms with E-state index in [2.05, 4.69) is 157 Å². The van der Waals surface area contributed by atoms with E-state index in [4.69, 9.17) is 0 Å². The number of benzene rings is 4. The second-order valence-electron chi connectivity index (χ2n) is 14.2. The molecule has 0 aromatic heterocycles. The summed E-state index contributed by atoms with van der Waals surface area (Å²) in [5, 5.41) is 0. The van der Waals surface area contributed by atoms with Gasteiger partial charge in [-0.2, -0.15) is 0 Å². The molecule has 0 saturated carbocycles. The molecule has 0 unspecified atom stereocenters. The molecule has 4 aromatic rings. The van der Waals surface area contributed by atoms with E-state index in [-0.39, 0.29) is 35.6 Å². The first-order chi connectivity index (χ1) is 20.1. The van der Waals surface area contributed by atoms with Gasteiger partial charge < -0.3 is 24.8 Å². The Kier molecular flexibility index (Phi) is 11.0. The van der Waals surface area contributed by atoms with Crippen molar-refractivity contribution in [3.05, 3.63) is 152 Å². The SMILES string of the molecule is CC(C)(C)c1ccc2c(c1)[CH]([Hf+2]([C]1=CC=CC1)=[C](Cc1ccccc1)Cc1ccccc1)c1cc(C(C)(C)C)ccc1-2.[Cl-].[Cl-]. The molecule has 0 bridgehead atoms. The van der Waals surface area contributed by atoms with Gasteiger partial charge in [0.05, 0.1) is 0 Å². The summed E-state index contributed by atoms with van der Waals surface area (Å²) in [4.78, 5) is 0. The Balaban J connectivity index is 0.00000221. The number of rotatable bonds is 6. The van der Waals surface area contributed by atoms with Crippen LogP contribution in [0, 0.1) is 0 Å². The maximum Gasteiger partial charge on any atom is -1.00 e. The minimum absolute atomic E-state index is 0. The third kappa shape index (κ3) is 7.22. The summed E-state index contributed by atoms with van der Waals surface area (Å²) in [5.74, 6) is 0. The molecule has 0 saturated heterocycles. The summed E-state index contributed by atoms with van der Waals surface area (Å²) in [6.45, 7) is 14.1. The molecule has 226 valence electrons. The Labute approximate surface area is 285 Å². The molecule has 0 atom stereocenters. The van der Waals surface area contributed by atoms with Crippen LogP contribution in [-0.2, 0) is 44.6 Å². The second kappa shape index (κ2) is 14.0. The molecular formula is C41H44Cl2Hf. The van der Waals surface area contributed by atoms with Crippen LogP contribution < -0.4 is 24.8 Å². The van der Waals surface area contributed by atoms with Crippen LogP contribution in [0.4, 0.5) is 0 Å². The van der Waals surface area contributed by atoms with Gasteiger partial charge in [-0.3, -0.25) is 0 Å². The minimum atomic E-state index is -2.77. The normalized spacial score (nSPS) is 13.6. The molecule has 44 heavy (non-hydrogen) atoms. The van der Waals surface area contributed by atoms with E-state index in [9.17, 15) is 0 Å². The van der Waals surface area contributed by atoms with Crippen LogP contribution in [0.25, 0.3) is 11.1 Å². The maximum atomic E-state index is 2.60. The van der Waals surface area contributed by atoms with E-state index in [1.165, 1.54) is 33.4 Å². The van der Waals surface area contributed by atoms with Crippen LogP contribution in [0.1, 0.15) is 85.0 Å². The monoisotopic (exact) mass is 786 g/mol. The molecule has 0 nitrogen and oxygen atoms in total. The van der Waals surface area contributed by atoms with Gasteiger partial charge in [-0.05, 0) is 0 Å². The van der Waals surface area contributed by atoms with Crippen LogP contribution in [-0.4, -0.2) is 3.26 Å². The molecular weight excluding hydrogens is 742 g/mol. The van der Waals surface area contributed by atoms with Gasteiger partial charge in [0.2, 0.25) is 0 Å². The number of halogens is 2. The van der Waals surface area contributed by atoms with Crippen molar-refractivity contribution >= 4 is 3.26 Å². The predicted octanol–water partition coefficient (Wildman–Crippen LogP) is 4.48. The Hall–Kier alpha value is -2.32. The summed E-state index contributed by atoms with van der Waals surface area (Å²) in [5.41, 5.74) is 12.2. The summed E-state index contributed by atoms with van der Waals surface area (Å²) in [6, 6.07) is 37.4. The van der Waals surface area contributed by atoms with Crippen LogP contribution in [0.3, 0.4) is 0 Å². The van der Waals surface area contributed by atoms with Crippen molar-refractivity contribution in [2.75, 3.05) is 0 Å². The fourth-order valence-corrected chi connectivity index (χ4v) is 20.1. The van der Waals surface area contributed by atoms with Gasteiger partial charge in [-0.15, -0.1) is 0 Å². The van der Waals surface area contributed by atoms with Gasteiger partial charge in [-0.1, -0.05) is 0 Å². The van der Waals surface area contributed by atoms with Gasteiger partial charge in [-0.25, -0.2) is 0 Å². The zero-order valence-electron chi connectivity index (χ0n) is 26.9. The van der Waals surface area contributed by atoms with Crippen molar-refractivity contribution in [1.82, 2.24) is 0 Å². The molecule has 0 N–H and O–H groups in total. The fraction of sp³-hybridized carbons (Fsp3) is 0.293. The van der Waals surface area contributed by atoms with Crippen LogP contribution >= 0.6 is 0 Å². The van der Waals surface area contributed by atoms with E-state index in [0.29, 0.717) is 3.67 Å². The van der Waals surface area contributed by atoms with E-state index in [1.54, 1.807) is 14.5 Å². The van der Waals surface area contributed by atoms with Crippen molar-refractivity contribution in [1.29, 1.82) is 0 Å². The first kappa shape index (κ1) is 34.6. The Morgan fingerprint density at radius 1 is 0.636 bits per heavy atom. The average molecular weight is 786 g/mol. The molecule has 2 aliphatic carbocycles. The molecule has 3 heteroatoms. The van der Waals surface area contributed by atoms with Crippen molar-refractivity contribution in [3.63, 3.8) is 0 Å². The molecule has 6 rings (SSSR count). The Morgan fingerprint density at radius 2 is 1.09 bits per heavy atom. The standard InChI is InChI=1S/C21H25.C15H14.C5H5.2ClH.Hf/c1-20(2,3)16-7-9-18-14(12-16)11-15-13-17(21(4,5)6)8-10-19(15)18;1-3-8-14(9-4-1)12-7-13-15-10-5-2-6-11-15;1-2-4-5-3-1;;;/h7-13H,1-6H3;1-6,8-11H,12-13H2;1-3H,4H2;2*1H;/q;;;;;+2/p-2. The van der Waals surface area contributed by atoms with Gasteiger partial charge in [0.1, 0.15) is 0 Å². The first-order valence-electron chi connectivity index (χ1n) is 15.5. The quantitative estimate of drug-likeness (QED) is 0.254. The molecule has 4 aromatic carbocycles. The molecule has 0 heterocycles. The number of allylic oxidation sites excluding steroid dienone is 4. The predicted molar refractivity (Wildman–Crippen MR) is 178 cm³/mol. The van der Waals surface area contributed by atoms with Crippen molar-refractivity contribution in [2.45, 2.75) is 75.3 Å². The van der Waals surface area contributed by atoms with Crippen LogP contribution in [0.2, 0.25) is 0 Å². The van der Waals surface area contributed by atoms with Crippen LogP contribution in [0.5, 0.6) is 0 Å². The van der Waals surface area contributed by atoms with Gasteiger partial charge in [0, 0.05) is 0 Å². The van der Waals surface area contributed by atoms with Crippen LogP contribution in [0.15, 0.2) is 119 Å². The smallest absolute Gasteiger partial charge is 1.00 e. The van der Waals surface area contributed by atoms with Crippen molar-refractivity contribution in [2.24, 2.45) is 0 Å². The maximum absolute atomic E-state index is 2.77. The zero-order chi connectivity index (χ0) is 29.5. The topological polar surface area (TPSA) is 0 Å². The third-order valence-electron chi connectivity index (χ3n) is 9.05. The summed E-state index contributed by atoms with van der Waals surface area (Å²) < 4.78 is 4.07. The number of hydrogen-bond acceptors (Lipinski definition) is 0. The largest absolute Gasteiger partial charge is 1.00 e. The molecule has 0 fully saturated rings. The van der Waals surface area contributed by atoms with Gasteiger partial charge >= 0.3 is 263 Å². The summed E-state index contributed by atoms with van der Waals surface area (Å²) in [7, 11) is 0. The van der Waals surface area contributed by atoms with E-state index in [0.717, 1.165) is 19.3 Å². The van der Waals surface area contributed by atoms with E-state index < -0.39 is 21.0 Å². The van der Waals surface area contributed by atoms with Crippen molar-refractivity contribution in [3.8, 4) is 11.1 Å². The first-order valence-corrected chi connectivity index (χ1v) is 21.2. The fourth-order valence-electron chi connectivity index (χ4n) is 6.71. The second-order valence-corrected chi connectivity index (χ2v) is 24.1. The Morgan fingerprint density at radius 3 is 1.48 bits per heavy atom.